The molecule has 3 aromatic rings. The standard InChI is InChI=1S/C20H25F3N6O/c1-3-27-13-16(10-24-27)12-26-11-14(2)29(19(26)30)18-9-17(20(21,22)23)25-28(18)8-7-15-5-4-6-15/h9-11,13,15H,3-8,12H2,1-2H3. The van der Waals surface area contributed by atoms with Gasteiger partial charge in [0, 0.05) is 42.8 Å². The Bertz CT molecular complexity index is 1080. The van der Waals surface area contributed by atoms with E-state index in [9.17, 15) is 18.0 Å². The predicted octanol–water partition coefficient (Wildman–Crippen LogP) is 3.62. The normalized spacial score (nSPS) is 15.0. The van der Waals surface area contributed by atoms with Crippen LogP contribution in [0.4, 0.5) is 13.2 Å². The first-order chi connectivity index (χ1) is 14.3. The number of aryl methyl sites for hydroxylation is 3. The molecule has 0 aliphatic heterocycles. The summed E-state index contributed by atoms with van der Waals surface area (Å²) in [5.74, 6) is 0.682. The maximum absolute atomic E-state index is 13.3. The molecule has 1 aliphatic carbocycles. The summed E-state index contributed by atoms with van der Waals surface area (Å²) in [6, 6.07) is 0.967. The van der Waals surface area contributed by atoms with Gasteiger partial charge in [0.25, 0.3) is 0 Å². The van der Waals surface area contributed by atoms with Crippen molar-refractivity contribution in [3.8, 4) is 5.82 Å². The molecule has 0 atom stereocenters. The van der Waals surface area contributed by atoms with Crippen LogP contribution in [0.2, 0.25) is 0 Å². The largest absolute Gasteiger partial charge is 0.435 e. The van der Waals surface area contributed by atoms with Crippen LogP contribution in [0.1, 0.15) is 49.6 Å². The highest BCUT2D eigenvalue weighted by Gasteiger charge is 2.35. The summed E-state index contributed by atoms with van der Waals surface area (Å²) in [7, 11) is 0. The second-order valence-corrected chi connectivity index (χ2v) is 7.91. The minimum absolute atomic E-state index is 0.159. The average Bonchev–Trinajstić information content (AvgIpc) is 3.32. The van der Waals surface area contributed by atoms with Crippen LogP contribution in [0.3, 0.4) is 0 Å². The molecule has 4 rings (SSSR count). The summed E-state index contributed by atoms with van der Waals surface area (Å²) < 4.78 is 45.9. The van der Waals surface area contributed by atoms with E-state index in [4.69, 9.17) is 0 Å². The Balaban J connectivity index is 1.68. The van der Waals surface area contributed by atoms with Crippen LogP contribution >= 0.6 is 0 Å². The van der Waals surface area contributed by atoms with Crippen LogP contribution in [-0.4, -0.2) is 28.7 Å². The molecule has 3 aromatic heterocycles. The van der Waals surface area contributed by atoms with Gasteiger partial charge in [-0.1, -0.05) is 19.3 Å². The average molecular weight is 422 g/mol. The molecular weight excluding hydrogens is 397 g/mol. The van der Waals surface area contributed by atoms with E-state index >= 15 is 0 Å². The van der Waals surface area contributed by atoms with Gasteiger partial charge in [-0.3, -0.25) is 9.25 Å². The zero-order valence-electron chi connectivity index (χ0n) is 17.1. The van der Waals surface area contributed by atoms with Crippen molar-refractivity contribution in [2.24, 2.45) is 5.92 Å². The Kier molecular flexibility index (Phi) is 5.33. The number of hydrogen-bond donors (Lipinski definition) is 0. The van der Waals surface area contributed by atoms with Crippen molar-refractivity contribution in [1.29, 1.82) is 0 Å². The molecule has 1 aliphatic rings. The Labute approximate surface area is 171 Å². The lowest BCUT2D eigenvalue weighted by atomic mass is 9.83. The van der Waals surface area contributed by atoms with Gasteiger partial charge < -0.3 is 0 Å². The van der Waals surface area contributed by atoms with Crippen LogP contribution in [0.25, 0.3) is 5.82 Å². The molecule has 1 fully saturated rings. The topological polar surface area (TPSA) is 62.6 Å². The lowest BCUT2D eigenvalue weighted by Gasteiger charge is -2.25. The van der Waals surface area contributed by atoms with Crippen molar-refractivity contribution in [2.75, 3.05) is 0 Å². The van der Waals surface area contributed by atoms with Crippen molar-refractivity contribution in [3.05, 3.63) is 52.1 Å². The summed E-state index contributed by atoms with van der Waals surface area (Å²) in [6.07, 6.45) is 4.76. The van der Waals surface area contributed by atoms with E-state index in [2.05, 4.69) is 10.2 Å². The van der Waals surface area contributed by atoms with Crippen molar-refractivity contribution in [2.45, 2.75) is 65.3 Å². The monoisotopic (exact) mass is 422 g/mol. The fraction of sp³-hybridized carbons (Fsp3) is 0.550. The molecule has 10 heteroatoms. The van der Waals surface area contributed by atoms with Gasteiger partial charge in [-0.2, -0.15) is 23.4 Å². The second-order valence-electron chi connectivity index (χ2n) is 7.91. The lowest BCUT2D eigenvalue weighted by Crippen LogP contribution is -2.26. The van der Waals surface area contributed by atoms with E-state index in [1.54, 1.807) is 24.0 Å². The van der Waals surface area contributed by atoms with Crippen molar-refractivity contribution < 1.29 is 13.2 Å². The minimum atomic E-state index is -4.56. The molecule has 0 bridgehead atoms. The third-order valence-corrected chi connectivity index (χ3v) is 5.75. The molecular formula is C20H25F3N6O. The van der Waals surface area contributed by atoms with E-state index in [-0.39, 0.29) is 5.82 Å². The van der Waals surface area contributed by atoms with Gasteiger partial charge in [0.15, 0.2) is 5.69 Å². The molecule has 0 radical (unpaired) electrons. The molecule has 30 heavy (non-hydrogen) atoms. The molecule has 0 aromatic carbocycles. The van der Waals surface area contributed by atoms with Gasteiger partial charge >= 0.3 is 11.9 Å². The van der Waals surface area contributed by atoms with Gasteiger partial charge in [0.05, 0.1) is 12.7 Å². The maximum atomic E-state index is 13.3. The molecule has 162 valence electrons. The van der Waals surface area contributed by atoms with Gasteiger partial charge in [0.2, 0.25) is 0 Å². The van der Waals surface area contributed by atoms with E-state index in [0.29, 0.717) is 24.7 Å². The van der Waals surface area contributed by atoms with E-state index < -0.39 is 17.6 Å². The van der Waals surface area contributed by atoms with Crippen molar-refractivity contribution >= 4 is 0 Å². The van der Waals surface area contributed by atoms with Crippen molar-refractivity contribution in [3.63, 3.8) is 0 Å². The van der Waals surface area contributed by atoms with Crippen LogP contribution < -0.4 is 5.69 Å². The first kappa shape index (κ1) is 20.5. The third kappa shape index (κ3) is 3.95. The summed E-state index contributed by atoms with van der Waals surface area (Å²) in [5, 5.41) is 7.99. The zero-order chi connectivity index (χ0) is 21.5. The van der Waals surface area contributed by atoms with E-state index in [1.165, 1.54) is 20.2 Å². The quantitative estimate of drug-likeness (QED) is 0.584. The maximum Gasteiger partial charge on any atom is 0.435 e. The molecule has 0 amide bonds. The number of rotatable bonds is 7. The highest BCUT2D eigenvalue weighted by molar-refractivity contribution is 5.30. The first-order valence-corrected chi connectivity index (χ1v) is 10.2. The molecule has 0 N–H and O–H groups in total. The predicted molar refractivity (Wildman–Crippen MR) is 105 cm³/mol. The minimum Gasteiger partial charge on any atom is -0.294 e. The SMILES string of the molecule is CCn1cc(Cn2cc(C)n(-c3cc(C(F)(F)F)nn3CCC3CCC3)c2=O)cn1. The van der Waals surface area contributed by atoms with E-state index in [0.717, 1.165) is 37.4 Å². The van der Waals surface area contributed by atoms with Gasteiger partial charge in [-0.05, 0) is 26.2 Å². The summed E-state index contributed by atoms with van der Waals surface area (Å²) in [4.78, 5) is 13.1. The van der Waals surface area contributed by atoms with Crippen LogP contribution in [0, 0.1) is 12.8 Å². The second kappa shape index (κ2) is 7.81. The van der Waals surface area contributed by atoms with Crippen LogP contribution in [-0.2, 0) is 25.8 Å². The molecule has 1 saturated carbocycles. The van der Waals surface area contributed by atoms with Crippen LogP contribution in [0.5, 0.6) is 0 Å². The highest BCUT2D eigenvalue weighted by Crippen LogP contribution is 2.32. The molecule has 3 heterocycles. The summed E-state index contributed by atoms with van der Waals surface area (Å²) in [5.41, 5.74) is 0.0385. The smallest absolute Gasteiger partial charge is 0.294 e. The molecule has 0 saturated heterocycles. The Morgan fingerprint density at radius 3 is 2.60 bits per heavy atom. The fourth-order valence-corrected chi connectivity index (χ4v) is 3.84. The molecule has 7 nitrogen and oxygen atoms in total. The number of hydrogen-bond acceptors (Lipinski definition) is 3. The molecule has 0 spiro atoms. The Hall–Kier alpha value is -2.78. The zero-order valence-corrected chi connectivity index (χ0v) is 17.1. The van der Waals surface area contributed by atoms with E-state index in [1.807, 2.05) is 13.1 Å². The van der Waals surface area contributed by atoms with Gasteiger partial charge in [0.1, 0.15) is 5.82 Å². The Morgan fingerprint density at radius 1 is 1.23 bits per heavy atom. The number of alkyl halides is 3. The first-order valence-electron chi connectivity index (χ1n) is 10.2. The van der Waals surface area contributed by atoms with Crippen molar-refractivity contribution in [1.82, 2.24) is 28.7 Å². The number of nitrogens with zero attached hydrogens (tertiary/aromatic N) is 6. The van der Waals surface area contributed by atoms with Gasteiger partial charge in [-0.15, -0.1) is 0 Å². The molecule has 0 unspecified atom stereocenters. The number of imidazole rings is 1. The fourth-order valence-electron chi connectivity index (χ4n) is 3.84. The number of halogens is 3. The van der Waals surface area contributed by atoms with Crippen LogP contribution in [0.15, 0.2) is 29.5 Å². The lowest BCUT2D eigenvalue weighted by molar-refractivity contribution is -0.141. The highest BCUT2D eigenvalue weighted by atomic mass is 19.4. The third-order valence-electron chi connectivity index (χ3n) is 5.75. The summed E-state index contributed by atoms with van der Waals surface area (Å²) in [6.45, 7) is 5.05. The Morgan fingerprint density at radius 2 is 2.00 bits per heavy atom. The summed E-state index contributed by atoms with van der Waals surface area (Å²) >= 11 is 0. The van der Waals surface area contributed by atoms with Gasteiger partial charge in [-0.25, -0.2) is 14.0 Å². The number of aromatic nitrogens is 6.